The molecule has 3 rings (SSSR count). The fourth-order valence-corrected chi connectivity index (χ4v) is 3.28. The Balaban J connectivity index is 2.09. The number of nitrogens with zero attached hydrogens (tertiary/aromatic N) is 2. The molecule has 0 radical (unpaired) electrons. The maximum absolute atomic E-state index is 12.6. The summed E-state index contributed by atoms with van der Waals surface area (Å²) < 4.78 is 7.76. The van der Waals surface area contributed by atoms with E-state index in [0.717, 1.165) is 41.3 Å². The van der Waals surface area contributed by atoms with Gasteiger partial charge in [0.1, 0.15) is 5.75 Å². The van der Waals surface area contributed by atoms with Crippen molar-refractivity contribution in [3.8, 4) is 5.75 Å². The van der Waals surface area contributed by atoms with Gasteiger partial charge in [0, 0.05) is 30.9 Å². The molecule has 0 atom stereocenters. The normalized spacial score (nSPS) is 11.6. The van der Waals surface area contributed by atoms with Crippen LogP contribution in [0, 0.1) is 5.92 Å². The fourth-order valence-electron chi connectivity index (χ4n) is 3.28. The molecule has 132 valence electrons. The molecule has 4 heteroatoms. The zero-order chi connectivity index (χ0) is 18.0. The van der Waals surface area contributed by atoms with Crippen molar-refractivity contribution in [3.05, 3.63) is 46.5 Å². The van der Waals surface area contributed by atoms with Crippen LogP contribution in [0.5, 0.6) is 5.75 Å². The third-order valence-corrected chi connectivity index (χ3v) is 4.75. The molecule has 0 amide bonds. The SMILES string of the molecule is CCc1cc2c3ccncc3c(=O)n(C)c2cc1OCCCC(C)C. The van der Waals surface area contributed by atoms with Crippen molar-refractivity contribution in [3.63, 3.8) is 0 Å². The van der Waals surface area contributed by atoms with Crippen LogP contribution in [0.2, 0.25) is 0 Å². The Kier molecular flexibility index (Phi) is 5.07. The molecule has 25 heavy (non-hydrogen) atoms. The van der Waals surface area contributed by atoms with Crippen LogP contribution in [0.3, 0.4) is 0 Å². The maximum Gasteiger partial charge on any atom is 0.260 e. The van der Waals surface area contributed by atoms with Crippen LogP contribution in [0.1, 0.15) is 39.2 Å². The Morgan fingerprint density at radius 3 is 2.72 bits per heavy atom. The second kappa shape index (κ2) is 7.26. The number of rotatable bonds is 6. The van der Waals surface area contributed by atoms with Crippen LogP contribution < -0.4 is 10.3 Å². The number of hydrogen-bond acceptors (Lipinski definition) is 3. The molecule has 0 aliphatic rings. The molecule has 4 nitrogen and oxygen atoms in total. The smallest absolute Gasteiger partial charge is 0.260 e. The zero-order valence-corrected chi connectivity index (χ0v) is 15.5. The highest BCUT2D eigenvalue weighted by molar-refractivity contribution is 6.05. The molecule has 0 N–H and O–H groups in total. The zero-order valence-electron chi connectivity index (χ0n) is 15.5. The van der Waals surface area contributed by atoms with E-state index in [4.69, 9.17) is 4.74 Å². The molecule has 3 aromatic rings. The average molecular weight is 338 g/mol. The summed E-state index contributed by atoms with van der Waals surface area (Å²) in [6.07, 6.45) is 6.49. The largest absolute Gasteiger partial charge is 0.493 e. The van der Waals surface area contributed by atoms with E-state index in [-0.39, 0.29) is 5.56 Å². The minimum Gasteiger partial charge on any atom is -0.493 e. The van der Waals surface area contributed by atoms with Crippen LogP contribution in [0.15, 0.2) is 35.4 Å². The van der Waals surface area contributed by atoms with Gasteiger partial charge in [-0.25, -0.2) is 0 Å². The number of aryl methyl sites for hydroxylation is 2. The summed E-state index contributed by atoms with van der Waals surface area (Å²) in [7, 11) is 1.81. The number of ether oxygens (including phenoxy) is 1. The van der Waals surface area contributed by atoms with E-state index >= 15 is 0 Å². The van der Waals surface area contributed by atoms with Crippen molar-refractivity contribution in [1.82, 2.24) is 9.55 Å². The number of benzene rings is 1. The first kappa shape index (κ1) is 17.5. The van der Waals surface area contributed by atoms with Gasteiger partial charge in [-0.3, -0.25) is 9.78 Å². The summed E-state index contributed by atoms with van der Waals surface area (Å²) in [6, 6.07) is 6.10. The average Bonchev–Trinajstić information content (AvgIpc) is 2.62. The van der Waals surface area contributed by atoms with E-state index in [1.807, 2.05) is 19.2 Å². The van der Waals surface area contributed by atoms with Gasteiger partial charge < -0.3 is 9.30 Å². The third-order valence-electron chi connectivity index (χ3n) is 4.75. The molecular weight excluding hydrogens is 312 g/mol. The second-order valence-corrected chi connectivity index (χ2v) is 7.00. The van der Waals surface area contributed by atoms with Gasteiger partial charge >= 0.3 is 0 Å². The molecule has 2 heterocycles. The lowest BCUT2D eigenvalue weighted by atomic mass is 10.0. The molecule has 0 saturated carbocycles. The summed E-state index contributed by atoms with van der Waals surface area (Å²) in [5, 5.41) is 2.69. The standard InChI is InChI=1S/C21H26N2O2/c1-5-15-11-17-16-8-9-22-13-18(16)21(24)23(4)19(17)12-20(15)25-10-6-7-14(2)3/h8-9,11-14H,5-7,10H2,1-4H3. The van der Waals surface area contributed by atoms with Gasteiger partial charge in [0.15, 0.2) is 0 Å². The topological polar surface area (TPSA) is 44.1 Å². The van der Waals surface area contributed by atoms with Crippen LogP contribution >= 0.6 is 0 Å². The van der Waals surface area contributed by atoms with Crippen LogP contribution in [-0.4, -0.2) is 16.2 Å². The lowest BCUT2D eigenvalue weighted by Gasteiger charge is -2.15. The summed E-state index contributed by atoms with van der Waals surface area (Å²) in [5.74, 6) is 1.58. The Bertz CT molecular complexity index is 957. The molecule has 0 fully saturated rings. The Morgan fingerprint density at radius 1 is 1.20 bits per heavy atom. The van der Waals surface area contributed by atoms with Crippen molar-refractivity contribution in [2.24, 2.45) is 13.0 Å². The second-order valence-electron chi connectivity index (χ2n) is 7.00. The highest BCUT2D eigenvalue weighted by Gasteiger charge is 2.12. The van der Waals surface area contributed by atoms with E-state index in [1.165, 1.54) is 5.56 Å². The van der Waals surface area contributed by atoms with Gasteiger partial charge in [0.05, 0.1) is 17.5 Å². The molecule has 0 bridgehead atoms. The van der Waals surface area contributed by atoms with Gasteiger partial charge in [0.25, 0.3) is 5.56 Å². The first-order valence-corrected chi connectivity index (χ1v) is 9.05. The number of fused-ring (bicyclic) bond motifs is 3. The molecule has 0 aliphatic heterocycles. The van der Waals surface area contributed by atoms with Crippen molar-refractivity contribution < 1.29 is 4.74 Å². The van der Waals surface area contributed by atoms with E-state index in [0.29, 0.717) is 17.9 Å². The Hall–Kier alpha value is -2.36. The monoisotopic (exact) mass is 338 g/mol. The van der Waals surface area contributed by atoms with Crippen LogP contribution in [0.4, 0.5) is 0 Å². The molecule has 0 saturated heterocycles. The highest BCUT2D eigenvalue weighted by atomic mass is 16.5. The molecular formula is C21H26N2O2. The van der Waals surface area contributed by atoms with E-state index in [9.17, 15) is 4.79 Å². The third kappa shape index (κ3) is 3.39. The number of hydrogen-bond donors (Lipinski definition) is 0. The summed E-state index contributed by atoms with van der Waals surface area (Å²) >= 11 is 0. The lowest BCUT2D eigenvalue weighted by molar-refractivity contribution is 0.295. The molecule has 1 aromatic carbocycles. The van der Waals surface area contributed by atoms with Crippen molar-refractivity contribution in [1.29, 1.82) is 0 Å². The van der Waals surface area contributed by atoms with Gasteiger partial charge in [-0.2, -0.15) is 0 Å². The first-order valence-electron chi connectivity index (χ1n) is 9.05. The van der Waals surface area contributed by atoms with Crippen molar-refractivity contribution >= 4 is 21.7 Å². The molecule has 2 aromatic heterocycles. The van der Waals surface area contributed by atoms with Gasteiger partial charge in [-0.1, -0.05) is 20.8 Å². The van der Waals surface area contributed by atoms with Gasteiger partial charge in [-0.15, -0.1) is 0 Å². The molecule has 0 spiro atoms. The van der Waals surface area contributed by atoms with Crippen LogP contribution in [0.25, 0.3) is 21.7 Å². The summed E-state index contributed by atoms with van der Waals surface area (Å²) in [5.41, 5.74) is 2.05. The highest BCUT2D eigenvalue weighted by Crippen LogP contribution is 2.30. The van der Waals surface area contributed by atoms with E-state index in [1.54, 1.807) is 17.0 Å². The first-order chi connectivity index (χ1) is 12.0. The predicted molar refractivity (Wildman–Crippen MR) is 103 cm³/mol. The molecule has 0 unspecified atom stereocenters. The Labute approximate surface area is 148 Å². The van der Waals surface area contributed by atoms with Crippen molar-refractivity contribution in [2.45, 2.75) is 40.0 Å². The Morgan fingerprint density at radius 2 is 2.00 bits per heavy atom. The van der Waals surface area contributed by atoms with Gasteiger partial charge in [-0.05, 0) is 48.3 Å². The number of pyridine rings is 2. The van der Waals surface area contributed by atoms with Crippen molar-refractivity contribution in [2.75, 3.05) is 6.61 Å². The maximum atomic E-state index is 12.6. The van der Waals surface area contributed by atoms with E-state index < -0.39 is 0 Å². The molecule has 0 aliphatic carbocycles. The lowest BCUT2D eigenvalue weighted by Crippen LogP contribution is -2.17. The predicted octanol–water partition coefficient (Wildman–Crippen LogP) is 4.46. The summed E-state index contributed by atoms with van der Waals surface area (Å²) in [6.45, 7) is 7.29. The minimum absolute atomic E-state index is 0.0226. The summed E-state index contributed by atoms with van der Waals surface area (Å²) in [4.78, 5) is 16.7. The fraction of sp³-hybridized carbons (Fsp3) is 0.429. The quantitative estimate of drug-likeness (QED) is 0.492. The number of aromatic nitrogens is 2. The minimum atomic E-state index is -0.0226. The van der Waals surface area contributed by atoms with Crippen LogP contribution in [-0.2, 0) is 13.5 Å². The van der Waals surface area contributed by atoms with E-state index in [2.05, 4.69) is 31.8 Å². The van der Waals surface area contributed by atoms with Gasteiger partial charge in [0.2, 0.25) is 0 Å².